The monoisotopic (exact) mass is 303 g/mol. The molecular formula is C15H21N5S. The molecule has 2 heterocycles. The predicted molar refractivity (Wildman–Crippen MR) is 84.6 cm³/mol. The third-order valence-electron chi connectivity index (χ3n) is 3.65. The van der Waals surface area contributed by atoms with Crippen molar-refractivity contribution in [2.75, 3.05) is 0 Å². The van der Waals surface area contributed by atoms with Crippen molar-refractivity contribution in [3.8, 4) is 0 Å². The van der Waals surface area contributed by atoms with E-state index in [2.05, 4.69) is 60.5 Å². The second-order valence-corrected chi connectivity index (χ2v) is 8.13. The van der Waals surface area contributed by atoms with Crippen LogP contribution in [0, 0.1) is 0 Å². The molecule has 0 amide bonds. The van der Waals surface area contributed by atoms with Crippen molar-refractivity contribution in [3.63, 3.8) is 0 Å². The summed E-state index contributed by atoms with van der Waals surface area (Å²) in [6, 6.07) is 0. The van der Waals surface area contributed by atoms with E-state index in [4.69, 9.17) is 0 Å². The molecule has 0 saturated heterocycles. The number of fused-ring (bicyclic) bond motifs is 2. The second-order valence-electron chi connectivity index (χ2n) is 7.60. The van der Waals surface area contributed by atoms with Gasteiger partial charge in [0.15, 0.2) is 7.05 Å². The number of aromatic nitrogens is 5. The van der Waals surface area contributed by atoms with E-state index >= 15 is 0 Å². The summed E-state index contributed by atoms with van der Waals surface area (Å²) in [6.45, 7) is 13.1. The highest BCUT2D eigenvalue weighted by molar-refractivity contribution is 7.00. The van der Waals surface area contributed by atoms with Crippen LogP contribution in [0.2, 0.25) is 0 Å². The van der Waals surface area contributed by atoms with Gasteiger partial charge < -0.3 is 0 Å². The Hall–Kier alpha value is -1.56. The van der Waals surface area contributed by atoms with Gasteiger partial charge in [-0.3, -0.25) is 0 Å². The van der Waals surface area contributed by atoms with Crippen LogP contribution in [0.3, 0.4) is 0 Å². The lowest BCUT2D eigenvalue weighted by atomic mass is 9.79. The van der Waals surface area contributed by atoms with Gasteiger partial charge >= 0.3 is 0 Å². The van der Waals surface area contributed by atoms with Crippen LogP contribution < -0.4 is 9.90 Å². The molecule has 1 aromatic carbocycles. The van der Waals surface area contributed by atoms with Gasteiger partial charge in [-0.05, 0) is 22.0 Å². The Morgan fingerprint density at radius 1 is 0.857 bits per heavy atom. The van der Waals surface area contributed by atoms with Crippen molar-refractivity contribution in [3.05, 3.63) is 11.1 Å². The smallest absolute Gasteiger partial charge is 0.152 e. The Bertz CT molecular complexity index is 764. The van der Waals surface area contributed by atoms with E-state index in [1.54, 1.807) is 4.80 Å². The first-order valence-electron chi connectivity index (χ1n) is 7.11. The van der Waals surface area contributed by atoms with E-state index in [0.717, 1.165) is 33.2 Å². The van der Waals surface area contributed by atoms with Crippen LogP contribution in [0.15, 0.2) is 0 Å². The number of hydrogen-bond acceptors (Lipinski definition) is 4. The molecule has 0 N–H and O–H groups in total. The summed E-state index contributed by atoms with van der Waals surface area (Å²) in [5, 5.41) is 9.25. The summed E-state index contributed by atoms with van der Waals surface area (Å²) in [6.07, 6.45) is 0. The van der Waals surface area contributed by atoms with Crippen LogP contribution in [0.4, 0.5) is 0 Å². The van der Waals surface area contributed by atoms with Crippen LogP contribution in [0.1, 0.15) is 52.7 Å². The molecule has 5 nitrogen and oxygen atoms in total. The summed E-state index contributed by atoms with van der Waals surface area (Å²) in [7, 11) is 1.87. The first-order valence-corrected chi connectivity index (χ1v) is 7.84. The number of benzene rings is 1. The molecule has 0 atom stereocenters. The van der Waals surface area contributed by atoms with Crippen LogP contribution in [-0.2, 0) is 17.9 Å². The topological polar surface area (TPSA) is 56.6 Å². The zero-order valence-electron chi connectivity index (χ0n) is 13.6. The molecule has 0 bridgehead atoms. The van der Waals surface area contributed by atoms with Crippen molar-refractivity contribution >= 4 is 33.8 Å². The molecule has 3 aromatic rings. The van der Waals surface area contributed by atoms with Gasteiger partial charge in [0.1, 0.15) is 11.0 Å². The van der Waals surface area contributed by atoms with E-state index in [1.165, 1.54) is 11.7 Å². The third kappa shape index (κ3) is 2.12. The fourth-order valence-electron chi connectivity index (χ4n) is 2.91. The van der Waals surface area contributed by atoms with Gasteiger partial charge in [0.2, 0.25) is 0 Å². The average molecular weight is 303 g/mol. The first kappa shape index (κ1) is 14.4. The lowest BCUT2D eigenvalue weighted by Gasteiger charge is -2.26. The minimum absolute atomic E-state index is 0.0568. The molecule has 0 aliphatic heterocycles. The molecule has 21 heavy (non-hydrogen) atoms. The molecular weight excluding hydrogens is 282 g/mol. The highest BCUT2D eigenvalue weighted by atomic mass is 32.1. The summed E-state index contributed by atoms with van der Waals surface area (Å²) < 4.78 is 9.14. The average Bonchev–Trinajstić information content (AvgIpc) is 2.85. The van der Waals surface area contributed by atoms with Crippen LogP contribution >= 0.6 is 11.7 Å². The molecule has 0 aliphatic carbocycles. The lowest BCUT2D eigenvalue weighted by molar-refractivity contribution is -0.783. The maximum absolute atomic E-state index is 4.63. The Kier molecular flexibility index (Phi) is 2.89. The predicted octanol–water partition coefficient (Wildman–Crippen LogP) is 2.62. The Labute approximate surface area is 128 Å². The van der Waals surface area contributed by atoms with Crippen LogP contribution in [-0.4, -0.2) is 13.8 Å². The van der Waals surface area contributed by atoms with Gasteiger partial charge in [-0.25, -0.2) is 0 Å². The Morgan fingerprint density at radius 2 is 1.38 bits per heavy atom. The first-order chi connectivity index (χ1) is 9.60. The van der Waals surface area contributed by atoms with Gasteiger partial charge in [0.05, 0.1) is 11.7 Å². The SMILES string of the molecule is C[n+]1nc2c(C(C)(C)C)c3nsnc3c(C(C)(C)C)c2[n-]1. The zero-order chi connectivity index (χ0) is 15.6. The van der Waals surface area contributed by atoms with Crippen molar-refractivity contribution < 1.29 is 4.80 Å². The number of hydrogen-bond donors (Lipinski definition) is 0. The number of rotatable bonds is 0. The van der Waals surface area contributed by atoms with Crippen molar-refractivity contribution in [2.45, 2.75) is 52.4 Å². The standard InChI is InChI=1S/C15H21N5S/c1-14(2,3)8-10-11(17-20(7)16-10)9(15(4,5)6)13-12(8)18-21-19-13/h1-7H3. The summed E-state index contributed by atoms with van der Waals surface area (Å²) in [5.74, 6) is 0. The quantitative estimate of drug-likeness (QED) is 0.599. The minimum Gasteiger partial charge on any atom is -0.187 e. The molecule has 6 heteroatoms. The van der Waals surface area contributed by atoms with Gasteiger partial charge in [0, 0.05) is 11.0 Å². The van der Waals surface area contributed by atoms with E-state index in [1.807, 2.05) is 7.05 Å². The fraction of sp³-hybridized carbons (Fsp3) is 0.600. The lowest BCUT2D eigenvalue weighted by Crippen LogP contribution is -2.35. The number of nitrogens with zero attached hydrogens (tertiary/aromatic N) is 5. The molecule has 112 valence electrons. The van der Waals surface area contributed by atoms with E-state index in [0.29, 0.717) is 0 Å². The summed E-state index contributed by atoms with van der Waals surface area (Å²) >= 11 is 1.27. The highest BCUT2D eigenvalue weighted by Crippen LogP contribution is 2.40. The van der Waals surface area contributed by atoms with Crippen molar-refractivity contribution in [2.24, 2.45) is 7.05 Å². The largest absolute Gasteiger partial charge is 0.187 e. The minimum atomic E-state index is -0.0568. The van der Waals surface area contributed by atoms with Crippen LogP contribution in [0.25, 0.3) is 22.1 Å². The van der Waals surface area contributed by atoms with Gasteiger partial charge in [0.25, 0.3) is 0 Å². The van der Waals surface area contributed by atoms with E-state index in [-0.39, 0.29) is 10.8 Å². The molecule has 0 unspecified atom stereocenters. The molecule has 0 aliphatic rings. The highest BCUT2D eigenvalue weighted by Gasteiger charge is 2.30. The number of aryl methyl sites for hydroxylation is 1. The van der Waals surface area contributed by atoms with Gasteiger partial charge in [-0.2, -0.15) is 23.7 Å². The summed E-state index contributed by atoms with van der Waals surface area (Å²) in [5.41, 5.74) is 6.03. The zero-order valence-corrected chi connectivity index (χ0v) is 14.5. The van der Waals surface area contributed by atoms with E-state index in [9.17, 15) is 0 Å². The fourth-order valence-corrected chi connectivity index (χ4v) is 3.46. The van der Waals surface area contributed by atoms with Crippen molar-refractivity contribution in [1.82, 2.24) is 18.9 Å². The molecule has 2 aromatic heterocycles. The molecule has 0 radical (unpaired) electrons. The normalized spacial score (nSPS) is 13.5. The molecule has 0 spiro atoms. The summed E-state index contributed by atoms with van der Waals surface area (Å²) in [4.78, 5) is 1.65. The maximum Gasteiger partial charge on any atom is 0.152 e. The molecule has 0 saturated carbocycles. The van der Waals surface area contributed by atoms with Crippen molar-refractivity contribution in [1.29, 1.82) is 0 Å². The van der Waals surface area contributed by atoms with E-state index < -0.39 is 0 Å². The molecule has 3 rings (SSSR count). The second kappa shape index (κ2) is 4.22. The Morgan fingerprint density at radius 3 is 1.90 bits per heavy atom. The Balaban J connectivity index is 2.62. The van der Waals surface area contributed by atoms with Crippen LogP contribution in [0.5, 0.6) is 0 Å². The molecule has 0 fully saturated rings. The third-order valence-corrected chi connectivity index (χ3v) is 4.18. The maximum atomic E-state index is 4.63. The van der Waals surface area contributed by atoms with Gasteiger partial charge in [-0.15, -0.1) is 0 Å². The van der Waals surface area contributed by atoms with Gasteiger partial charge in [-0.1, -0.05) is 41.5 Å².